The van der Waals surface area contributed by atoms with Gasteiger partial charge in [0.25, 0.3) is 5.91 Å². The second kappa shape index (κ2) is 10.0. The third-order valence-electron chi connectivity index (χ3n) is 3.92. The van der Waals surface area contributed by atoms with Crippen LogP contribution in [-0.2, 0) is 14.3 Å². The van der Waals surface area contributed by atoms with Crippen LogP contribution in [-0.4, -0.2) is 25.1 Å². The molecule has 0 radical (unpaired) electrons. The van der Waals surface area contributed by atoms with E-state index in [9.17, 15) is 18.4 Å². The molecule has 0 aromatic heterocycles. The molecule has 0 heterocycles. The first-order chi connectivity index (χ1) is 13.6. The number of hydrogen-bond donors (Lipinski definition) is 1. The number of amides is 1. The lowest BCUT2D eigenvalue weighted by Crippen LogP contribution is -2.33. The highest BCUT2D eigenvalue weighted by Gasteiger charge is 2.20. The van der Waals surface area contributed by atoms with Gasteiger partial charge in [-0.2, -0.15) is 8.78 Å². The van der Waals surface area contributed by atoms with E-state index in [1.54, 1.807) is 12.1 Å². The van der Waals surface area contributed by atoms with Crippen molar-refractivity contribution in [2.24, 2.45) is 5.41 Å². The predicted octanol–water partition coefficient (Wildman–Crippen LogP) is 4.47. The number of carbonyl (C=O) groups excluding carboxylic acids is 2. The van der Waals surface area contributed by atoms with Crippen LogP contribution in [0.1, 0.15) is 44.4 Å². The quantitative estimate of drug-likeness (QED) is 0.658. The summed E-state index contributed by atoms with van der Waals surface area (Å²) in [4.78, 5) is 24.2. The Bertz CT molecular complexity index is 802. The molecule has 5 nitrogen and oxygen atoms in total. The minimum absolute atomic E-state index is 0.0259. The average Bonchev–Trinajstić information content (AvgIpc) is 2.64. The molecule has 0 aliphatic carbocycles. The molecule has 0 spiro atoms. The highest BCUT2D eigenvalue weighted by Crippen LogP contribution is 2.25. The van der Waals surface area contributed by atoms with Gasteiger partial charge in [0, 0.05) is 0 Å². The van der Waals surface area contributed by atoms with Crippen molar-refractivity contribution in [1.82, 2.24) is 5.32 Å². The Morgan fingerprint density at radius 2 is 1.55 bits per heavy atom. The molecule has 0 bridgehead atoms. The van der Waals surface area contributed by atoms with E-state index in [2.05, 4.69) is 10.1 Å². The summed E-state index contributed by atoms with van der Waals surface area (Å²) in [6.45, 7) is 2.40. The van der Waals surface area contributed by atoms with Crippen LogP contribution in [0.15, 0.2) is 54.6 Å². The number of ether oxygens (including phenoxy) is 2. The maximum absolute atomic E-state index is 12.4. The topological polar surface area (TPSA) is 64.6 Å². The molecular formula is C22H25F2NO4. The van der Waals surface area contributed by atoms with Crippen LogP contribution in [0.2, 0.25) is 0 Å². The first kappa shape index (κ1) is 22.3. The molecular weight excluding hydrogens is 380 g/mol. The van der Waals surface area contributed by atoms with Gasteiger partial charge in [-0.3, -0.25) is 9.59 Å². The Morgan fingerprint density at radius 1 is 0.966 bits per heavy atom. The SMILES string of the molecule is CC(C)(C)CC(=O)OCC(=O)N[C@@H](c1ccccc1)c1ccc(OC(F)F)cc1. The molecule has 0 aliphatic rings. The van der Waals surface area contributed by atoms with Crippen molar-refractivity contribution in [1.29, 1.82) is 0 Å². The summed E-state index contributed by atoms with van der Waals surface area (Å²) in [5, 5.41) is 2.82. The lowest BCUT2D eigenvalue weighted by atomic mass is 9.92. The molecule has 0 aliphatic heterocycles. The normalized spacial score (nSPS) is 12.3. The van der Waals surface area contributed by atoms with E-state index in [0.29, 0.717) is 5.56 Å². The Labute approximate surface area is 169 Å². The van der Waals surface area contributed by atoms with E-state index in [1.165, 1.54) is 12.1 Å². The van der Waals surface area contributed by atoms with Crippen molar-refractivity contribution in [2.75, 3.05) is 6.61 Å². The summed E-state index contributed by atoms with van der Waals surface area (Å²) >= 11 is 0. The van der Waals surface area contributed by atoms with Gasteiger partial charge in [-0.1, -0.05) is 63.2 Å². The van der Waals surface area contributed by atoms with Crippen LogP contribution in [0.25, 0.3) is 0 Å². The maximum Gasteiger partial charge on any atom is 0.387 e. The first-order valence-electron chi connectivity index (χ1n) is 9.19. The van der Waals surface area contributed by atoms with E-state index in [4.69, 9.17) is 4.74 Å². The number of halogens is 2. The van der Waals surface area contributed by atoms with Gasteiger partial charge in [0.15, 0.2) is 6.61 Å². The molecule has 0 unspecified atom stereocenters. The van der Waals surface area contributed by atoms with Crippen LogP contribution < -0.4 is 10.1 Å². The number of nitrogens with one attached hydrogen (secondary N) is 1. The first-order valence-corrected chi connectivity index (χ1v) is 9.19. The summed E-state index contributed by atoms with van der Waals surface area (Å²) in [5.41, 5.74) is 1.24. The van der Waals surface area contributed by atoms with Crippen LogP contribution in [0.4, 0.5) is 8.78 Å². The average molecular weight is 405 g/mol. The van der Waals surface area contributed by atoms with Crippen molar-refractivity contribution >= 4 is 11.9 Å². The van der Waals surface area contributed by atoms with E-state index in [0.717, 1.165) is 5.56 Å². The van der Waals surface area contributed by atoms with Gasteiger partial charge in [-0.15, -0.1) is 0 Å². The Morgan fingerprint density at radius 3 is 2.10 bits per heavy atom. The Balaban J connectivity index is 2.09. The van der Waals surface area contributed by atoms with Gasteiger partial charge in [0.2, 0.25) is 0 Å². The summed E-state index contributed by atoms with van der Waals surface area (Å²) in [6.07, 6.45) is 0.202. The second-order valence-corrected chi connectivity index (χ2v) is 7.76. The number of alkyl halides is 2. The molecule has 0 saturated carbocycles. The molecule has 2 aromatic carbocycles. The molecule has 2 aromatic rings. The van der Waals surface area contributed by atoms with E-state index < -0.39 is 31.1 Å². The lowest BCUT2D eigenvalue weighted by Gasteiger charge is -2.21. The predicted molar refractivity (Wildman–Crippen MR) is 105 cm³/mol. The summed E-state index contributed by atoms with van der Waals surface area (Å²) in [6, 6.07) is 14.6. The largest absolute Gasteiger partial charge is 0.456 e. The van der Waals surface area contributed by atoms with Crippen LogP contribution in [0, 0.1) is 5.41 Å². The smallest absolute Gasteiger partial charge is 0.387 e. The zero-order valence-corrected chi connectivity index (χ0v) is 16.7. The molecule has 2 rings (SSSR count). The van der Waals surface area contributed by atoms with Crippen molar-refractivity contribution in [3.8, 4) is 5.75 Å². The highest BCUT2D eigenvalue weighted by atomic mass is 19.3. The molecule has 156 valence electrons. The van der Waals surface area contributed by atoms with Crippen molar-refractivity contribution in [2.45, 2.75) is 39.8 Å². The molecule has 7 heteroatoms. The van der Waals surface area contributed by atoms with Crippen LogP contribution >= 0.6 is 0 Å². The molecule has 1 atom stereocenters. The number of esters is 1. The van der Waals surface area contributed by atoms with Gasteiger partial charge in [0.05, 0.1) is 12.5 Å². The molecule has 0 saturated heterocycles. The van der Waals surface area contributed by atoms with Crippen molar-refractivity contribution in [3.63, 3.8) is 0 Å². The lowest BCUT2D eigenvalue weighted by molar-refractivity contribution is -0.150. The monoisotopic (exact) mass is 405 g/mol. The zero-order valence-electron chi connectivity index (χ0n) is 16.7. The highest BCUT2D eigenvalue weighted by molar-refractivity contribution is 5.81. The van der Waals surface area contributed by atoms with E-state index >= 15 is 0 Å². The maximum atomic E-state index is 12.4. The van der Waals surface area contributed by atoms with Crippen LogP contribution in [0.3, 0.4) is 0 Å². The number of rotatable bonds is 8. The van der Waals surface area contributed by atoms with E-state index in [1.807, 2.05) is 51.1 Å². The van der Waals surface area contributed by atoms with Gasteiger partial charge in [0.1, 0.15) is 5.75 Å². The second-order valence-electron chi connectivity index (χ2n) is 7.76. The summed E-state index contributed by atoms with van der Waals surface area (Å²) in [5.74, 6) is -0.885. The van der Waals surface area contributed by atoms with E-state index in [-0.39, 0.29) is 17.6 Å². The standard InChI is InChI=1S/C22H25F2NO4/c1-22(2,3)13-19(27)28-14-18(26)25-20(15-7-5-4-6-8-15)16-9-11-17(12-10-16)29-21(23)24/h4-12,20-21H,13-14H2,1-3H3,(H,25,26)/t20-/m0/s1. The molecule has 1 N–H and O–H groups in total. The minimum Gasteiger partial charge on any atom is -0.456 e. The van der Waals surface area contributed by atoms with Gasteiger partial charge in [-0.05, 0) is 28.7 Å². The van der Waals surface area contributed by atoms with Gasteiger partial charge < -0.3 is 14.8 Å². The summed E-state index contributed by atoms with van der Waals surface area (Å²) < 4.78 is 34.1. The zero-order chi connectivity index (χ0) is 21.4. The fourth-order valence-corrected chi connectivity index (χ4v) is 2.68. The van der Waals surface area contributed by atoms with Gasteiger partial charge >= 0.3 is 12.6 Å². The minimum atomic E-state index is -2.91. The molecule has 29 heavy (non-hydrogen) atoms. The fraction of sp³-hybridized carbons (Fsp3) is 0.364. The van der Waals surface area contributed by atoms with Gasteiger partial charge in [-0.25, -0.2) is 0 Å². The van der Waals surface area contributed by atoms with Crippen molar-refractivity contribution in [3.05, 3.63) is 65.7 Å². The number of carbonyl (C=O) groups is 2. The third kappa shape index (κ3) is 7.89. The third-order valence-corrected chi connectivity index (χ3v) is 3.92. The fourth-order valence-electron chi connectivity index (χ4n) is 2.68. The Kier molecular flexibility index (Phi) is 7.70. The van der Waals surface area contributed by atoms with Crippen LogP contribution in [0.5, 0.6) is 5.75 Å². The van der Waals surface area contributed by atoms with Crippen molar-refractivity contribution < 1.29 is 27.8 Å². The molecule has 0 fully saturated rings. The Hall–Kier alpha value is -2.96. The number of benzene rings is 2. The number of hydrogen-bond acceptors (Lipinski definition) is 4. The summed E-state index contributed by atoms with van der Waals surface area (Å²) in [7, 11) is 0. The molecule has 1 amide bonds.